The molecule has 40 heavy (non-hydrogen) atoms. The molecule has 1 aliphatic rings. The van der Waals surface area contributed by atoms with Gasteiger partial charge in [0.25, 0.3) is 0 Å². The molecule has 10 nitrogen and oxygen atoms in total. The minimum Gasteiger partial charge on any atom is -0.359 e. The van der Waals surface area contributed by atoms with E-state index in [9.17, 15) is 8.78 Å². The molecule has 1 saturated heterocycles. The first-order valence-electron chi connectivity index (χ1n) is 12.9. The lowest BCUT2D eigenvalue weighted by Crippen LogP contribution is -2.47. The Morgan fingerprint density at radius 1 is 0.925 bits per heavy atom. The maximum absolute atomic E-state index is 16.0. The number of anilines is 2. The number of imidazole rings is 2. The van der Waals surface area contributed by atoms with E-state index in [1.54, 1.807) is 19.2 Å². The number of piperazine rings is 1. The molecule has 0 saturated carbocycles. The van der Waals surface area contributed by atoms with E-state index >= 15 is 4.39 Å². The second kappa shape index (κ2) is 10.6. The number of nitrogens with zero attached hydrogens (tertiary/aromatic N) is 9. The molecule has 1 fully saturated rings. The van der Waals surface area contributed by atoms with Gasteiger partial charge in [0, 0.05) is 51.8 Å². The van der Waals surface area contributed by atoms with Crippen molar-refractivity contribution >= 4 is 17.3 Å². The molecule has 6 rings (SSSR count). The summed E-state index contributed by atoms with van der Waals surface area (Å²) in [5.74, 6) is -0.293. The van der Waals surface area contributed by atoms with Crippen molar-refractivity contribution in [3.63, 3.8) is 0 Å². The average Bonchev–Trinajstić information content (AvgIpc) is 3.56. The first-order chi connectivity index (χ1) is 19.4. The van der Waals surface area contributed by atoms with Gasteiger partial charge in [-0.15, -0.1) is 0 Å². The third-order valence-electron chi connectivity index (χ3n) is 7.04. The van der Waals surface area contributed by atoms with Gasteiger partial charge in [0.1, 0.15) is 28.8 Å². The van der Waals surface area contributed by atoms with Gasteiger partial charge in [0.15, 0.2) is 17.5 Å². The van der Waals surface area contributed by atoms with Gasteiger partial charge in [-0.05, 0) is 31.2 Å². The van der Waals surface area contributed by atoms with Crippen molar-refractivity contribution in [2.24, 2.45) is 7.05 Å². The summed E-state index contributed by atoms with van der Waals surface area (Å²) in [4.78, 5) is 26.0. The molecule has 0 aliphatic carbocycles. The first-order valence-corrected chi connectivity index (χ1v) is 12.9. The largest absolute Gasteiger partial charge is 0.359 e. The molecule has 1 aliphatic heterocycles. The van der Waals surface area contributed by atoms with Gasteiger partial charge < -0.3 is 14.8 Å². The van der Waals surface area contributed by atoms with E-state index in [-0.39, 0.29) is 17.5 Å². The lowest BCUT2D eigenvalue weighted by Gasteiger charge is -2.35. The number of pyridine rings is 2. The fraction of sp³-hybridized carbons (Fsp3) is 0.296. The molecule has 206 valence electrons. The van der Waals surface area contributed by atoms with Crippen LogP contribution < -0.4 is 10.2 Å². The van der Waals surface area contributed by atoms with Crippen LogP contribution in [0.5, 0.6) is 0 Å². The summed E-state index contributed by atoms with van der Waals surface area (Å²) in [5.41, 5.74) is 1.44. The summed E-state index contributed by atoms with van der Waals surface area (Å²) >= 11 is 0. The molecule has 13 heteroatoms. The van der Waals surface area contributed by atoms with Crippen LogP contribution in [0.1, 0.15) is 24.5 Å². The van der Waals surface area contributed by atoms with Crippen LogP contribution in [0.2, 0.25) is 0 Å². The van der Waals surface area contributed by atoms with Gasteiger partial charge in [-0.1, -0.05) is 0 Å². The molecule has 1 N–H and O–H groups in total. The maximum atomic E-state index is 16.0. The molecular weight excluding hydrogens is 521 g/mol. The Morgan fingerprint density at radius 2 is 1.73 bits per heavy atom. The van der Waals surface area contributed by atoms with Crippen LogP contribution in [0.4, 0.5) is 24.8 Å². The van der Waals surface area contributed by atoms with Crippen molar-refractivity contribution in [1.82, 2.24) is 38.8 Å². The highest BCUT2D eigenvalue weighted by Gasteiger charge is 2.26. The second-order valence-corrected chi connectivity index (χ2v) is 9.74. The van der Waals surface area contributed by atoms with Crippen LogP contribution >= 0.6 is 0 Å². The second-order valence-electron chi connectivity index (χ2n) is 9.74. The monoisotopic (exact) mass is 548 g/mol. The van der Waals surface area contributed by atoms with Crippen molar-refractivity contribution in [2.75, 3.05) is 36.4 Å². The zero-order valence-corrected chi connectivity index (χ0v) is 22.0. The van der Waals surface area contributed by atoms with Crippen molar-refractivity contribution in [3.05, 3.63) is 84.2 Å². The standard InChI is InChI=1S/C27H27F3N10/c1-17(20-5-3-18(28)13-32-20)34-26-24(30)27(39-11-9-38(10-12-39)16-23-31-7-8-37(23)2)36-25(35-26)21-14-33-22-6-4-19(29)15-40(21)22/h3-8,13-15,17H,9-12,16H2,1-2H3,(H,34,35,36)/t17-/m0/s1. The summed E-state index contributed by atoms with van der Waals surface area (Å²) in [6.45, 7) is 4.91. The van der Waals surface area contributed by atoms with Gasteiger partial charge in [-0.3, -0.25) is 14.3 Å². The summed E-state index contributed by atoms with van der Waals surface area (Å²) in [5, 5.41) is 3.07. The Bertz CT molecular complexity index is 1640. The molecule has 5 aromatic heterocycles. The predicted molar refractivity (Wildman–Crippen MR) is 143 cm³/mol. The molecule has 0 radical (unpaired) electrons. The summed E-state index contributed by atoms with van der Waals surface area (Å²) in [7, 11) is 1.96. The summed E-state index contributed by atoms with van der Waals surface area (Å²) in [6.07, 6.45) is 7.61. The number of rotatable bonds is 7. The van der Waals surface area contributed by atoms with Crippen LogP contribution in [-0.2, 0) is 13.6 Å². The van der Waals surface area contributed by atoms with Crippen molar-refractivity contribution in [2.45, 2.75) is 19.5 Å². The lowest BCUT2D eigenvalue weighted by atomic mass is 10.2. The smallest absolute Gasteiger partial charge is 0.207 e. The van der Waals surface area contributed by atoms with Crippen LogP contribution in [-0.4, -0.2) is 65.0 Å². The van der Waals surface area contributed by atoms with E-state index in [1.165, 1.54) is 35.0 Å². The zero-order valence-electron chi connectivity index (χ0n) is 22.0. The topological polar surface area (TPSA) is 92.3 Å². The van der Waals surface area contributed by atoms with Gasteiger partial charge in [0.05, 0.1) is 30.7 Å². The van der Waals surface area contributed by atoms with Crippen LogP contribution in [0, 0.1) is 17.5 Å². The molecular formula is C27H27F3N10. The van der Waals surface area contributed by atoms with Crippen molar-refractivity contribution < 1.29 is 13.2 Å². The predicted octanol–water partition coefficient (Wildman–Crippen LogP) is 3.83. The molecule has 0 aromatic carbocycles. The Morgan fingerprint density at radius 3 is 2.45 bits per heavy atom. The molecule has 6 heterocycles. The fourth-order valence-corrected chi connectivity index (χ4v) is 4.76. The molecule has 0 unspecified atom stereocenters. The Balaban J connectivity index is 1.33. The minimum atomic E-state index is -0.615. The number of hydrogen-bond acceptors (Lipinski definition) is 8. The minimum absolute atomic E-state index is 0.0413. The molecule has 0 bridgehead atoms. The highest BCUT2D eigenvalue weighted by atomic mass is 19.1. The summed E-state index contributed by atoms with van der Waals surface area (Å²) < 4.78 is 47.1. The third-order valence-corrected chi connectivity index (χ3v) is 7.04. The molecule has 0 amide bonds. The van der Waals surface area contributed by atoms with Crippen LogP contribution in [0.25, 0.3) is 17.2 Å². The van der Waals surface area contributed by atoms with Gasteiger partial charge in [-0.25, -0.2) is 28.7 Å². The van der Waals surface area contributed by atoms with Gasteiger partial charge >= 0.3 is 0 Å². The van der Waals surface area contributed by atoms with E-state index < -0.39 is 23.5 Å². The first kappa shape index (κ1) is 25.7. The number of aryl methyl sites for hydroxylation is 1. The molecule has 0 spiro atoms. The van der Waals surface area contributed by atoms with Crippen molar-refractivity contribution in [1.29, 1.82) is 0 Å². The van der Waals surface area contributed by atoms with Crippen molar-refractivity contribution in [3.8, 4) is 11.5 Å². The SMILES string of the molecule is C[C@H](Nc1nc(-c2cnc3ccc(F)cn23)nc(N2CCN(Cc3nccn3C)CC2)c1F)c1ccc(F)cn1. The van der Waals surface area contributed by atoms with E-state index in [0.29, 0.717) is 49.8 Å². The lowest BCUT2D eigenvalue weighted by molar-refractivity contribution is 0.240. The Kier molecular flexibility index (Phi) is 6.80. The van der Waals surface area contributed by atoms with Crippen LogP contribution in [0.15, 0.2) is 55.2 Å². The number of nitrogens with one attached hydrogen (secondary N) is 1. The normalized spacial score (nSPS) is 15.1. The van der Waals surface area contributed by atoms with Gasteiger partial charge in [-0.2, -0.15) is 4.39 Å². The van der Waals surface area contributed by atoms with E-state index in [2.05, 4.69) is 35.1 Å². The van der Waals surface area contributed by atoms with E-state index in [4.69, 9.17) is 0 Å². The number of halogens is 3. The summed E-state index contributed by atoms with van der Waals surface area (Å²) in [6, 6.07) is 5.20. The quantitative estimate of drug-likeness (QED) is 0.328. The highest BCUT2D eigenvalue weighted by molar-refractivity contribution is 5.63. The molecule has 5 aromatic rings. The van der Waals surface area contributed by atoms with E-state index in [0.717, 1.165) is 12.0 Å². The maximum Gasteiger partial charge on any atom is 0.207 e. The number of aromatic nitrogens is 7. The fourth-order valence-electron chi connectivity index (χ4n) is 4.76. The van der Waals surface area contributed by atoms with E-state index in [1.807, 2.05) is 22.7 Å². The third kappa shape index (κ3) is 5.07. The highest BCUT2D eigenvalue weighted by Crippen LogP contribution is 2.30. The Hall–Kier alpha value is -4.52. The number of hydrogen-bond donors (Lipinski definition) is 1. The van der Waals surface area contributed by atoms with Gasteiger partial charge in [0.2, 0.25) is 5.82 Å². The average molecular weight is 549 g/mol. The number of fused-ring (bicyclic) bond motifs is 1. The Labute approximate surface area is 228 Å². The van der Waals surface area contributed by atoms with Crippen LogP contribution in [0.3, 0.4) is 0 Å². The zero-order chi connectivity index (χ0) is 27.8. The molecule has 1 atom stereocenters.